The Balaban J connectivity index is 1.94. The van der Waals surface area contributed by atoms with E-state index in [0.717, 1.165) is 9.79 Å². The molecule has 0 atom stereocenters. The monoisotopic (exact) mass is 294 g/mol. The maximum atomic E-state index is 11.3. The first-order valence-corrected chi connectivity index (χ1v) is 7.31. The van der Waals surface area contributed by atoms with Gasteiger partial charge in [0.25, 0.3) is 5.91 Å². The lowest BCUT2D eigenvalue weighted by Gasteiger charge is -2.07. The Bertz CT molecular complexity index is 830. The van der Waals surface area contributed by atoms with Gasteiger partial charge in [-0.25, -0.2) is 0 Å². The number of hydrogen-bond donors (Lipinski definition) is 2. The fourth-order valence-electron chi connectivity index (χ4n) is 2.18. The van der Waals surface area contributed by atoms with Gasteiger partial charge in [0.1, 0.15) is 0 Å². The van der Waals surface area contributed by atoms with Crippen LogP contribution in [0.5, 0.6) is 0 Å². The van der Waals surface area contributed by atoms with Crippen LogP contribution in [0.15, 0.2) is 70.5 Å². The largest absolute Gasteiger partial charge is 0.398 e. The maximum Gasteiger partial charge on any atom is 0.250 e. The average molecular weight is 294 g/mol. The van der Waals surface area contributed by atoms with Crippen molar-refractivity contribution in [3.63, 3.8) is 0 Å². The van der Waals surface area contributed by atoms with Gasteiger partial charge in [-0.2, -0.15) is 0 Å². The minimum absolute atomic E-state index is 0.362. The van der Waals surface area contributed by atoms with Crippen molar-refractivity contribution >= 4 is 34.1 Å². The number of primary amides is 1. The Morgan fingerprint density at radius 1 is 0.857 bits per heavy atom. The summed E-state index contributed by atoms with van der Waals surface area (Å²) in [6.07, 6.45) is 0. The average Bonchev–Trinajstić information content (AvgIpc) is 2.49. The van der Waals surface area contributed by atoms with Gasteiger partial charge in [0, 0.05) is 15.5 Å². The number of carbonyl (C=O) groups is 1. The van der Waals surface area contributed by atoms with Gasteiger partial charge in [-0.3, -0.25) is 4.79 Å². The van der Waals surface area contributed by atoms with Gasteiger partial charge in [-0.1, -0.05) is 42.1 Å². The van der Waals surface area contributed by atoms with Gasteiger partial charge in [-0.05, 0) is 41.1 Å². The normalized spacial score (nSPS) is 10.7. The Labute approximate surface area is 126 Å². The lowest BCUT2D eigenvalue weighted by Crippen LogP contribution is -2.13. The zero-order valence-electron chi connectivity index (χ0n) is 11.2. The van der Waals surface area contributed by atoms with E-state index in [9.17, 15) is 4.79 Å². The first-order chi connectivity index (χ1) is 10.1. The van der Waals surface area contributed by atoms with Crippen LogP contribution >= 0.6 is 11.8 Å². The molecule has 3 aromatic rings. The Kier molecular flexibility index (Phi) is 3.54. The fraction of sp³-hybridized carbons (Fsp3) is 0. The highest BCUT2D eigenvalue weighted by Gasteiger charge is 2.08. The van der Waals surface area contributed by atoms with E-state index in [-0.39, 0.29) is 0 Å². The molecule has 0 fully saturated rings. The molecule has 1 amide bonds. The third-order valence-electron chi connectivity index (χ3n) is 3.25. The summed E-state index contributed by atoms with van der Waals surface area (Å²) in [6.45, 7) is 0. The predicted octanol–water partition coefficient (Wildman–Crippen LogP) is 3.67. The lowest BCUT2D eigenvalue weighted by atomic mass is 10.1. The van der Waals surface area contributed by atoms with Crippen molar-refractivity contribution in [3.8, 4) is 0 Å². The van der Waals surface area contributed by atoms with E-state index >= 15 is 0 Å². The van der Waals surface area contributed by atoms with Crippen molar-refractivity contribution in [1.29, 1.82) is 0 Å². The van der Waals surface area contributed by atoms with Crippen molar-refractivity contribution in [2.75, 3.05) is 5.73 Å². The Hall–Kier alpha value is -2.46. The third kappa shape index (κ3) is 2.85. The van der Waals surface area contributed by atoms with Gasteiger partial charge in [0.05, 0.1) is 5.56 Å². The Morgan fingerprint density at radius 3 is 2.29 bits per heavy atom. The van der Waals surface area contributed by atoms with Crippen LogP contribution in [0.4, 0.5) is 5.69 Å². The second-order valence-electron chi connectivity index (χ2n) is 4.72. The zero-order chi connectivity index (χ0) is 14.8. The number of hydrogen-bond acceptors (Lipinski definition) is 3. The first-order valence-electron chi connectivity index (χ1n) is 6.49. The first kappa shape index (κ1) is 13.5. The molecule has 0 bridgehead atoms. The maximum absolute atomic E-state index is 11.3. The summed E-state index contributed by atoms with van der Waals surface area (Å²) in [5.74, 6) is -0.506. The molecule has 0 aliphatic carbocycles. The molecule has 0 aliphatic rings. The molecule has 0 saturated heterocycles. The summed E-state index contributed by atoms with van der Waals surface area (Å²) in [5.41, 5.74) is 11.8. The fourth-order valence-corrected chi connectivity index (χ4v) is 3.09. The number of anilines is 1. The summed E-state index contributed by atoms with van der Waals surface area (Å²) in [6, 6.07) is 19.8. The van der Waals surface area contributed by atoms with Crippen LogP contribution in [0.3, 0.4) is 0 Å². The molecule has 0 aromatic heterocycles. The molecule has 0 unspecified atom stereocenters. The van der Waals surface area contributed by atoms with Gasteiger partial charge >= 0.3 is 0 Å². The SMILES string of the molecule is NC(=O)c1cc(Sc2ccc3ccccc3c2)ccc1N. The van der Waals surface area contributed by atoms with Gasteiger partial charge < -0.3 is 11.5 Å². The molecule has 0 saturated carbocycles. The minimum atomic E-state index is -0.506. The second-order valence-corrected chi connectivity index (χ2v) is 5.87. The molecule has 3 nitrogen and oxygen atoms in total. The highest BCUT2D eigenvalue weighted by Crippen LogP contribution is 2.31. The topological polar surface area (TPSA) is 69.1 Å². The standard InChI is InChI=1S/C17H14N2OS/c18-16-8-7-14(10-15(16)17(19)20)21-13-6-5-11-3-1-2-4-12(11)9-13/h1-10H,18H2,(H2,19,20). The minimum Gasteiger partial charge on any atom is -0.398 e. The Morgan fingerprint density at radius 2 is 1.52 bits per heavy atom. The molecule has 0 spiro atoms. The summed E-state index contributed by atoms with van der Waals surface area (Å²) in [4.78, 5) is 13.4. The molecular weight excluding hydrogens is 280 g/mol. The highest BCUT2D eigenvalue weighted by molar-refractivity contribution is 7.99. The lowest BCUT2D eigenvalue weighted by molar-refractivity contribution is 0.100. The second kappa shape index (κ2) is 5.50. The van der Waals surface area contributed by atoms with Crippen LogP contribution in [0.25, 0.3) is 10.8 Å². The number of nitrogen functional groups attached to an aromatic ring is 1. The van der Waals surface area contributed by atoms with E-state index in [4.69, 9.17) is 11.5 Å². The van der Waals surface area contributed by atoms with E-state index in [1.54, 1.807) is 23.9 Å². The number of benzene rings is 3. The number of rotatable bonds is 3. The van der Waals surface area contributed by atoms with Crippen molar-refractivity contribution < 1.29 is 4.79 Å². The highest BCUT2D eigenvalue weighted by atomic mass is 32.2. The van der Waals surface area contributed by atoms with Gasteiger partial charge in [0.15, 0.2) is 0 Å². The molecule has 21 heavy (non-hydrogen) atoms. The molecule has 0 radical (unpaired) electrons. The van der Waals surface area contributed by atoms with Crippen LogP contribution in [-0.4, -0.2) is 5.91 Å². The molecule has 0 aliphatic heterocycles. The van der Waals surface area contributed by atoms with Crippen molar-refractivity contribution in [2.45, 2.75) is 9.79 Å². The summed E-state index contributed by atoms with van der Waals surface area (Å²) >= 11 is 1.58. The number of amides is 1. The van der Waals surface area contributed by atoms with E-state index in [0.29, 0.717) is 11.3 Å². The molecule has 3 aromatic carbocycles. The summed E-state index contributed by atoms with van der Waals surface area (Å²) in [7, 11) is 0. The molecule has 104 valence electrons. The van der Waals surface area contributed by atoms with Crippen molar-refractivity contribution in [1.82, 2.24) is 0 Å². The van der Waals surface area contributed by atoms with Crippen LogP contribution in [0.1, 0.15) is 10.4 Å². The smallest absolute Gasteiger partial charge is 0.250 e. The number of carbonyl (C=O) groups excluding carboxylic acids is 1. The third-order valence-corrected chi connectivity index (χ3v) is 4.23. The van der Waals surface area contributed by atoms with E-state index in [2.05, 4.69) is 30.3 Å². The molecule has 3 rings (SSSR count). The van der Waals surface area contributed by atoms with Crippen LogP contribution in [0, 0.1) is 0 Å². The van der Waals surface area contributed by atoms with Gasteiger partial charge in [0.2, 0.25) is 0 Å². The molecule has 4 heteroatoms. The van der Waals surface area contributed by atoms with Gasteiger partial charge in [-0.15, -0.1) is 0 Å². The van der Waals surface area contributed by atoms with E-state index in [1.807, 2.05) is 18.2 Å². The van der Waals surface area contributed by atoms with E-state index < -0.39 is 5.91 Å². The predicted molar refractivity (Wildman–Crippen MR) is 87.4 cm³/mol. The zero-order valence-corrected chi connectivity index (χ0v) is 12.1. The summed E-state index contributed by atoms with van der Waals surface area (Å²) < 4.78 is 0. The van der Waals surface area contributed by atoms with Crippen LogP contribution in [0.2, 0.25) is 0 Å². The van der Waals surface area contributed by atoms with E-state index in [1.165, 1.54) is 10.8 Å². The van der Waals surface area contributed by atoms with Crippen LogP contribution < -0.4 is 11.5 Å². The number of fused-ring (bicyclic) bond motifs is 1. The molecule has 0 heterocycles. The van der Waals surface area contributed by atoms with Crippen molar-refractivity contribution in [3.05, 3.63) is 66.2 Å². The van der Waals surface area contributed by atoms with Crippen LogP contribution in [-0.2, 0) is 0 Å². The number of nitrogens with two attached hydrogens (primary N) is 2. The quantitative estimate of drug-likeness (QED) is 0.724. The molecule has 4 N–H and O–H groups in total. The summed E-state index contributed by atoms with van der Waals surface area (Å²) in [5, 5.41) is 2.39. The molecular formula is C17H14N2OS. The van der Waals surface area contributed by atoms with Crippen molar-refractivity contribution in [2.24, 2.45) is 5.73 Å².